The monoisotopic (exact) mass is 521 g/mol. The summed E-state index contributed by atoms with van der Waals surface area (Å²) in [7, 11) is 0. The second-order valence-electron chi connectivity index (χ2n) is 9.63. The maximum Gasteiger partial charge on any atom is 0.434 e. The predicted octanol–water partition coefficient (Wildman–Crippen LogP) is 5.75. The smallest absolute Gasteiger partial charge is 0.328 e. The Morgan fingerprint density at radius 3 is 2.32 bits per heavy atom. The first-order chi connectivity index (χ1) is 18.0. The Morgan fingerprint density at radius 2 is 1.66 bits per heavy atom. The summed E-state index contributed by atoms with van der Waals surface area (Å²) < 4.78 is 44.7. The van der Waals surface area contributed by atoms with Crippen LogP contribution in [0.15, 0.2) is 65.8 Å². The minimum atomic E-state index is -4.53. The van der Waals surface area contributed by atoms with Crippen LogP contribution < -0.4 is 5.56 Å². The molecule has 0 unspecified atom stereocenters. The number of alkyl halides is 3. The van der Waals surface area contributed by atoms with Gasteiger partial charge in [0, 0.05) is 47.7 Å². The van der Waals surface area contributed by atoms with Crippen LogP contribution in [0.25, 0.3) is 33.9 Å². The van der Waals surface area contributed by atoms with E-state index in [0.29, 0.717) is 22.4 Å². The quantitative estimate of drug-likeness (QED) is 0.284. The molecule has 0 saturated heterocycles. The minimum Gasteiger partial charge on any atom is -0.328 e. The first kappa shape index (κ1) is 25.4. The Hall–Kier alpha value is -4.28. The van der Waals surface area contributed by atoms with Crippen LogP contribution in [-0.4, -0.2) is 33.9 Å². The van der Waals surface area contributed by atoms with Crippen molar-refractivity contribution in [3.8, 4) is 22.9 Å². The Morgan fingerprint density at radius 1 is 0.921 bits per heavy atom. The maximum atomic E-state index is 13.3. The molecule has 8 nitrogen and oxygen atoms in total. The highest BCUT2D eigenvalue weighted by Gasteiger charge is 2.35. The van der Waals surface area contributed by atoms with Crippen LogP contribution in [0.5, 0.6) is 0 Å². The van der Waals surface area contributed by atoms with Crippen molar-refractivity contribution in [2.75, 3.05) is 0 Å². The van der Waals surface area contributed by atoms with E-state index in [1.165, 1.54) is 10.6 Å². The van der Waals surface area contributed by atoms with E-state index in [1.54, 1.807) is 61.1 Å². The molecule has 0 spiro atoms. The predicted molar refractivity (Wildman–Crippen MR) is 138 cm³/mol. The number of imidazole rings is 1. The third-order valence-electron chi connectivity index (χ3n) is 6.24. The Bertz CT molecular complexity index is 1660. The van der Waals surface area contributed by atoms with Crippen molar-refractivity contribution in [2.45, 2.75) is 52.5 Å². The standard InChI is InChI=1S/C27H26F3N7O/c1-16(2)35-15-22(27(28,29)30)33-25(35)19-7-5-18(6-8-19)14-36-23(38)10-9-20-13-31-24(34-26(20)36)21-11-12-32-37(21)17(3)4/h5-13,15-17H,14H2,1-4H3. The number of rotatable bonds is 6. The molecule has 4 aromatic heterocycles. The molecule has 0 aliphatic heterocycles. The van der Waals surface area contributed by atoms with Crippen LogP contribution in [0.3, 0.4) is 0 Å². The summed E-state index contributed by atoms with van der Waals surface area (Å²) in [5.74, 6) is 0.694. The summed E-state index contributed by atoms with van der Waals surface area (Å²) in [6.07, 6.45) is -0.132. The molecule has 4 heterocycles. The van der Waals surface area contributed by atoms with E-state index in [0.717, 1.165) is 17.5 Å². The van der Waals surface area contributed by atoms with Crippen LogP contribution in [0.1, 0.15) is 51.0 Å². The van der Waals surface area contributed by atoms with Crippen molar-refractivity contribution in [3.63, 3.8) is 0 Å². The first-order valence-electron chi connectivity index (χ1n) is 12.2. The van der Waals surface area contributed by atoms with Gasteiger partial charge in [-0.2, -0.15) is 18.3 Å². The summed E-state index contributed by atoms with van der Waals surface area (Å²) in [4.78, 5) is 25.9. The van der Waals surface area contributed by atoms with Gasteiger partial charge < -0.3 is 4.57 Å². The van der Waals surface area contributed by atoms with E-state index in [-0.39, 0.29) is 30.0 Å². The molecule has 0 aliphatic rings. The molecular formula is C27H26F3N7O. The van der Waals surface area contributed by atoms with Gasteiger partial charge in [0.25, 0.3) is 5.56 Å². The summed E-state index contributed by atoms with van der Waals surface area (Å²) in [5.41, 5.74) is 1.40. The summed E-state index contributed by atoms with van der Waals surface area (Å²) in [6, 6.07) is 11.9. The number of hydrogen-bond donors (Lipinski definition) is 0. The molecule has 0 amide bonds. The van der Waals surface area contributed by atoms with E-state index < -0.39 is 11.9 Å². The van der Waals surface area contributed by atoms with Gasteiger partial charge in [0.1, 0.15) is 17.2 Å². The van der Waals surface area contributed by atoms with Gasteiger partial charge in [-0.05, 0) is 45.4 Å². The van der Waals surface area contributed by atoms with Crippen molar-refractivity contribution in [2.24, 2.45) is 0 Å². The Balaban J connectivity index is 1.51. The van der Waals surface area contributed by atoms with Crippen molar-refractivity contribution in [1.29, 1.82) is 0 Å². The van der Waals surface area contributed by atoms with Gasteiger partial charge in [0.2, 0.25) is 0 Å². The molecule has 11 heteroatoms. The summed E-state index contributed by atoms with van der Waals surface area (Å²) >= 11 is 0. The molecule has 0 radical (unpaired) electrons. The number of hydrogen-bond acceptors (Lipinski definition) is 5. The molecule has 0 atom stereocenters. The topological polar surface area (TPSA) is 83.4 Å². The second kappa shape index (κ2) is 9.55. The highest BCUT2D eigenvalue weighted by molar-refractivity contribution is 5.76. The number of nitrogens with zero attached hydrogens (tertiary/aromatic N) is 7. The molecular weight excluding hydrogens is 495 g/mol. The largest absolute Gasteiger partial charge is 0.434 e. The van der Waals surface area contributed by atoms with Gasteiger partial charge in [0.05, 0.1) is 6.54 Å². The lowest BCUT2D eigenvalue weighted by atomic mass is 10.1. The van der Waals surface area contributed by atoms with Crippen molar-refractivity contribution in [3.05, 3.63) is 82.7 Å². The molecule has 0 aliphatic carbocycles. The number of halogens is 3. The first-order valence-corrected chi connectivity index (χ1v) is 12.2. The third kappa shape index (κ3) is 4.71. The maximum absolute atomic E-state index is 13.3. The van der Waals surface area contributed by atoms with E-state index >= 15 is 0 Å². The van der Waals surface area contributed by atoms with Crippen molar-refractivity contribution in [1.82, 2.24) is 33.9 Å². The van der Waals surface area contributed by atoms with Crippen LogP contribution in [0.4, 0.5) is 13.2 Å². The molecule has 0 fully saturated rings. The van der Waals surface area contributed by atoms with Crippen molar-refractivity contribution >= 4 is 11.0 Å². The summed E-state index contributed by atoms with van der Waals surface area (Å²) in [5, 5.41) is 5.05. The average Bonchev–Trinajstić information content (AvgIpc) is 3.54. The molecule has 5 aromatic rings. The second-order valence-corrected chi connectivity index (χ2v) is 9.63. The van der Waals surface area contributed by atoms with E-state index in [1.807, 2.05) is 24.6 Å². The molecule has 0 bridgehead atoms. The van der Waals surface area contributed by atoms with Gasteiger partial charge in [-0.3, -0.25) is 14.0 Å². The SMILES string of the molecule is CC(C)n1cc(C(F)(F)F)nc1-c1ccc(Cn2c(=O)ccc3cnc(-c4ccnn4C(C)C)nc32)cc1. The minimum absolute atomic E-state index is 0.106. The van der Waals surface area contributed by atoms with Crippen LogP contribution >= 0.6 is 0 Å². The van der Waals surface area contributed by atoms with Crippen LogP contribution in [-0.2, 0) is 12.7 Å². The summed E-state index contributed by atoms with van der Waals surface area (Å²) in [6.45, 7) is 7.85. The van der Waals surface area contributed by atoms with Gasteiger partial charge in [-0.25, -0.2) is 15.0 Å². The van der Waals surface area contributed by atoms with Crippen molar-refractivity contribution < 1.29 is 13.2 Å². The fourth-order valence-electron chi connectivity index (χ4n) is 4.33. The zero-order valence-corrected chi connectivity index (χ0v) is 21.3. The lowest BCUT2D eigenvalue weighted by molar-refractivity contribution is -0.140. The molecule has 38 heavy (non-hydrogen) atoms. The molecule has 5 rings (SSSR count). The molecule has 1 aromatic carbocycles. The number of pyridine rings is 1. The Kier molecular flexibility index (Phi) is 6.38. The fourth-order valence-corrected chi connectivity index (χ4v) is 4.33. The van der Waals surface area contributed by atoms with Crippen LogP contribution in [0.2, 0.25) is 0 Å². The number of aromatic nitrogens is 7. The lowest BCUT2D eigenvalue weighted by Crippen LogP contribution is -2.21. The third-order valence-corrected chi connectivity index (χ3v) is 6.24. The highest BCUT2D eigenvalue weighted by atomic mass is 19.4. The van der Waals surface area contributed by atoms with E-state index in [2.05, 4.69) is 15.1 Å². The molecule has 0 saturated carbocycles. The molecule has 0 N–H and O–H groups in total. The van der Waals surface area contributed by atoms with Gasteiger partial charge in [-0.15, -0.1) is 0 Å². The zero-order valence-electron chi connectivity index (χ0n) is 21.3. The van der Waals surface area contributed by atoms with Gasteiger partial charge >= 0.3 is 6.18 Å². The molecule has 196 valence electrons. The highest BCUT2D eigenvalue weighted by Crippen LogP contribution is 2.32. The van der Waals surface area contributed by atoms with Gasteiger partial charge in [-0.1, -0.05) is 24.3 Å². The average molecular weight is 522 g/mol. The fraction of sp³-hybridized carbons (Fsp3) is 0.296. The van der Waals surface area contributed by atoms with Crippen LogP contribution in [0, 0.1) is 0 Å². The van der Waals surface area contributed by atoms with Gasteiger partial charge in [0.15, 0.2) is 11.5 Å². The lowest BCUT2D eigenvalue weighted by Gasteiger charge is -2.13. The Labute approximate surface area is 216 Å². The number of benzene rings is 1. The normalized spacial score (nSPS) is 12.2. The van der Waals surface area contributed by atoms with E-state index in [9.17, 15) is 18.0 Å². The van der Waals surface area contributed by atoms with E-state index in [4.69, 9.17) is 4.98 Å². The number of fused-ring (bicyclic) bond motifs is 1. The zero-order chi connectivity index (χ0) is 27.2.